The van der Waals surface area contributed by atoms with Gasteiger partial charge in [-0.25, -0.2) is 0 Å². The third-order valence-corrected chi connectivity index (χ3v) is 3.81. The summed E-state index contributed by atoms with van der Waals surface area (Å²) in [6.45, 7) is 5.08. The van der Waals surface area contributed by atoms with E-state index in [1.54, 1.807) is 0 Å². The number of unbranched alkanes of at least 4 members (excludes halogenated alkanes) is 4. The number of halogens is 3. The van der Waals surface area contributed by atoms with Crippen LogP contribution in [-0.4, -0.2) is 24.0 Å². The fourth-order valence-electron chi connectivity index (χ4n) is 1.85. The van der Waals surface area contributed by atoms with Gasteiger partial charge in [0.15, 0.2) is 0 Å². The highest BCUT2D eigenvalue weighted by Gasteiger charge is 2.27. The van der Waals surface area contributed by atoms with Crippen molar-refractivity contribution in [3.63, 3.8) is 0 Å². The summed E-state index contributed by atoms with van der Waals surface area (Å²) < 4.78 is 41.4. The second-order valence-corrected chi connectivity index (χ2v) is 5.91. The molecule has 0 radical (unpaired) electrons. The average Bonchev–Trinajstić information content (AvgIpc) is 2.34. The van der Waals surface area contributed by atoms with Crippen LogP contribution in [-0.2, 0) is 4.74 Å². The van der Waals surface area contributed by atoms with E-state index in [4.69, 9.17) is 4.74 Å². The first-order valence-corrected chi connectivity index (χ1v) is 8.30. The standard InChI is InChI=1S/C14H27F3OS/c1-3-5-8-11-18-13(4-2)10-7-6-9-12-19-14(15,16)17/h13H,3-12H2,1-2H3. The van der Waals surface area contributed by atoms with Gasteiger partial charge >= 0.3 is 5.51 Å². The molecule has 0 rings (SSSR count). The number of rotatable bonds is 12. The molecule has 0 saturated carbocycles. The zero-order chi connectivity index (χ0) is 14.6. The molecule has 19 heavy (non-hydrogen) atoms. The van der Waals surface area contributed by atoms with Crippen molar-refractivity contribution in [3.05, 3.63) is 0 Å². The van der Waals surface area contributed by atoms with Crippen LogP contribution < -0.4 is 0 Å². The summed E-state index contributed by atoms with van der Waals surface area (Å²) in [6, 6.07) is 0. The Bertz CT molecular complexity index is 198. The zero-order valence-electron chi connectivity index (χ0n) is 12.1. The normalized spacial score (nSPS) is 13.7. The molecule has 1 unspecified atom stereocenters. The number of alkyl halides is 3. The predicted octanol–water partition coefficient (Wildman–Crippen LogP) is 5.79. The Morgan fingerprint density at radius 1 is 1.00 bits per heavy atom. The van der Waals surface area contributed by atoms with Crippen LogP contribution in [0.15, 0.2) is 0 Å². The van der Waals surface area contributed by atoms with Crippen LogP contribution in [0, 0.1) is 0 Å². The van der Waals surface area contributed by atoms with E-state index >= 15 is 0 Å². The molecular weight excluding hydrogens is 273 g/mol. The molecule has 0 aromatic carbocycles. The molecule has 0 amide bonds. The molecule has 0 aromatic rings. The second-order valence-electron chi connectivity index (χ2n) is 4.75. The maximum absolute atomic E-state index is 11.9. The Morgan fingerprint density at radius 2 is 1.74 bits per heavy atom. The lowest BCUT2D eigenvalue weighted by Gasteiger charge is -2.16. The van der Waals surface area contributed by atoms with Crippen molar-refractivity contribution in [1.82, 2.24) is 0 Å². The van der Waals surface area contributed by atoms with Gasteiger partial charge in [0.1, 0.15) is 0 Å². The van der Waals surface area contributed by atoms with Gasteiger partial charge in [0.05, 0.1) is 6.10 Å². The van der Waals surface area contributed by atoms with Gasteiger partial charge in [-0.05, 0) is 25.7 Å². The van der Waals surface area contributed by atoms with E-state index in [2.05, 4.69) is 13.8 Å². The van der Waals surface area contributed by atoms with Crippen LogP contribution >= 0.6 is 11.8 Å². The van der Waals surface area contributed by atoms with Gasteiger partial charge in [-0.3, -0.25) is 0 Å². The molecule has 0 aliphatic heterocycles. The molecule has 0 bridgehead atoms. The van der Waals surface area contributed by atoms with E-state index in [0.717, 1.165) is 38.7 Å². The molecule has 0 aromatic heterocycles. The molecule has 1 nitrogen and oxygen atoms in total. The lowest BCUT2D eigenvalue weighted by molar-refractivity contribution is -0.0328. The molecule has 0 aliphatic carbocycles. The maximum Gasteiger partial charge on any atom is 0.441 e. The van der Waals surface area contributed by atoms with E-state index in [1.807, 2.05) is 0 Å². The van der Waals surface area contributed by atoms with Crippen LogP contribution in [0.4, 0.5) is 13.2 Å². The van der Waals surface area contributed by atoms with Crippen molar-refractivity contribution in [3.8, 4) is 0 Å². The Balaban J connectivity index is 3.40. The maximum atomic E-state index is 11.9. The lowest BCUT2D eigenvalue weighted by atomic mass is 10.1. The van der Waals surface area contributed by atoms with Crippen molar-refractivity contribution in [1.29, 1.82) is 0 Å². The molecule has 0 heterocycles. The monoisotopic (exact) mass is 300 g/mol. The minimum Gasteiger partial charge on any atom is -0.378 e. The van der Waals surface area contributed by atoms with Crippen molar-refractivity contribution < 1.29 is 17.9 Å². The lowest BCUT2D eigenvalue weighted by Crippen LogP contribution is -2.12. The molecule has 0 aliphatic rings. The Morgan fingerprint density at radius 3 is 2.32 bits per heavy atom. The summed E-state index contributed by atoms with van der Waals surface area (Å²) in [5, 5.41) is 0. The summed E-state index contributed by atoms with van der Waals surface area (Å²) in [5.74, 6) is 0.178. The van der Waals surface area contributed by atoms with Crippen LogP contribution in [0.3, 0.4) is 0 Å². The van der Waals surface area contributed by atoms with Gasteiger partial charge in [0.25, 0.3) is 0 Å². The van der Waals surface area contributed by atoms with Gasteiger partial charge in [-0.15, -0.1) is 0 Å². The minimum atomic E-state index is -4.08. The first kappa shape index (κ1) is 19.1. The number of thioether (sulfide) groups is 1. The van der Waals surface area contributed by atoms with E-state index in [9.17, 15) is 13.2 Å². The van der Waals surface area contributed by atoms with E-state index in [-0.39, 0.29) is 23.6 Å². The molecule has 116 valence electrons. The highest BCUT2D eigenvalue weighted by Crippen LogP contribution is 2.30. The topological polar surface area (TPSA) is 9.23 Å². The fraction of sp³-hybridized carbons (Fsp3) is 1.00. The summed E-state index contributed by atoms with van der Waals surface area (Å²) in [7, 11) is 0. The molecule has 0 fully saturated rings. The molecule has 0 N–H and O–H groups in total. The summed E-state index contributed by atoms with van der Waals surface area (Å²) in [4.78, 5) is 0. The number of hydrogen-bond acceptors (Lipinski definition) is 2. The Hall–Kier alpha value is 0.100. The molecule has 0 spiro atoms. The van der Waals surface area contributed by atoms with Crippen molar-refractivity contribution in [2.45, 2.75) is 76.8 Å². The van der Waals surface area contributed by atoms with Gasteiger partial charge < -0.3 is 4.74 Å². The van der Waals surface area contributed by atoms with E-state index in [1.165, 1.54) is 12.8 Å². The van der Waals surface area contributed by atoms with Crippen LogP contribution in [0.5, 0.6) is 0 Å². The molecular formula is C14H27F3OS. The fourth-order valence-corrected chi connectivity index (χ4v) is 2.43. The van der Waals surface area contributed by atoms with Crippen molar-refractivity contribution >= 4 is 11.8 Å². The van der Waals surface area contributed by atoms with Gasteiger partial charge in [0.2, 0.25) is 0 Å². The summed E-state index contributed by atoms with van der Waals surface area (Å²) in [6.07, 6.45) is 8.20. The Kier molecular flexibility index (Phi) is 12.0. The van der Waals surface area contributed by atoms with Gasteiger partial charge in [-0.1, -0.05) is 51.3 Å². The SMILES string of the molecule is CCCCCOC(CC)CCCCCSC(F)(F)F. The van der Waals surface area contributed by atoms with Crippen molar-refractivity contribution in [2.24, 2.45) is 0 Å². The third-order valence-electron chi connectivity index (χ3n) is 2.99. The minimum absolute atomic E-state index is 0.0863. The molecule has 5 heteroatoms. The van der Waals surface area contributed by atoms with Crippen LogP contribution in [0.1, 0.15) is 65.2 Å². The first-order chi connectivity index (χ1) is 8.99. The number of ether oxygens (including phenoxy) is 1. The van der Waals surface area contributed by atoms with E-state index in [0.29, 0.717) is 6.42 Å². The highest BCUT2D eigenvalue weighted by molar-refractivity contribution is 8.00. The smallest absolute Gasteiger partial charge is 0.378 e. The van der Waals surface area contributed by atoms with E-state index < -0.39 is 5.51 Å². The van der Waals surface area contributed by atoms with Crippen LogP contribution in [0.2, 0.25) is 0 Å². The third kappa shape index (κ3) is 14.3. The molecule has 1 atom stereocenters. The predicted molar refractivity (Wildman–Crippen MR) is 76.5 cm³/mol. The summed E-state index contributed by atoms with van der Waals surface area (Å²) >= 11 is 0.0863. The number of hydrogen-bond donors (Lipinski definition) is 0. The van der Waals surface area contributed by atoms with Crippen molar-refractivity contribution in [2.75, 3.05) is 12.4 Å². The highest BCUT2D eigenvalue weighted by atomic mass is 32.2. The summed E-state index contributed by atoms with van der Waals surface area (Å²) in [5.41, 5.74) is -4.08. The zero-order valence-corrected chi connectivity index (χ0v) is 12.9. The van der Waals surface area contributed by atoms with Gasteiger partial charge in [-0.2, -0.15) is 13.2 Å². The largest absolute Gasteiger partial charge is 0.441 e. The average molecular weight is 300 g/mol. The second kappa shape index (κ2) is 11.9. The van der Waals surface area contributed by atoms with Crippen LogP contribution in [0.25, 0.3) is 0 Å². The first-order valence-electron chi connectivity index (χ1n) is 7.31. The van der Waals surface area contributed by atoms with Gasteiger partial charge in [0, 0.05) is 12.4 Å². The quantitative estimate of drug-likeness (QED) is 0.422. The molecule has 0 saturated heterocycles. The Labute approximate surface area is 119 Å².